The molecule has 3 aromatic rings. The first-order chi connectivity index (χ1) is 13.9. The van der Waals surface area contributed by atoms with E-state index in [9.17, 15) is 4.79 Å². The molecule has 1 atom stereocenters. The molecule has 0 unspecified atom stereocenters. The van der Waals surface area contributed by atoms with E-state index in [1.54, 1.807) is 0 Å². The van der Waals surface area contributed by atoms with Gasteiger partial charge in [-0.05, 0) is 38.5 Å². The topological polar surface area (TPSA) is 86.5 Å². The zero-order chi connectivity index (χ0) is 20.7. The van der Waals surface area contributed by atoms with E-state index in [-0.39, 0.29) is 19.1 Å². The number of hydrogen-bond donors (Lipinski definition) is 1. The molecule has 0 aliphatic carbocycles. The maximum atomic E-state index is 12.3. The van der Waals surface area contributed by atoms with Gasteiger partial charge in [-0.2, -0.15) is 0 Å². The maximum Gasteiger partial charge on any atom is 0.408 e. The number of ether oxygens (including phenoxy) is 2. The normalized spacial score (nSPS) is 12.4. The smallest absolute Gasteiger partial charge is 0.408 e. The molecule has 0 aliphatic heterocycles. The Hall–Kier alpha value is -3.19. The average molecular weight is 395 g/mol. The highest BCUT2D eigenvalue weighted by molar-refractivity contribution is 5.67. The summed E-state index contributed by atoms with van der Waals surface area (Å²) in [4.78, 5) is 12.3. The van der Waals surface area contributed by atoms with Crippen LogP contribution in [-0.4, -0.2) is 28.5 Å². The standard InChI is InChI=1S/C22H25N3O4/c1-22(2,3)28-15-18(23-21(26)27-14-16-10-6-4-7-11-16)20-25-24-19(29-20)17-12-8-5-9-13-17/h4-13,18H,14-15H2,1-3H3,(H,23,26)/t18-/m0/s1. The first-order valence-corrected chi connectivity index (χ1v) is 9.41. The number of aromatic nitrogens is 2. The lowest BCUT2D eigenvalue weighted by atomic mass is 10.2. The molecule has 0 saturated heterocycles. The first kappa shape index (κ1) is 20.5. The van der Waals surface area contributed by atoms with Crippen LogP contribution in [0.3, 0.4) is 0 Å². The minimum Gasteiger partial charge on any atom is -0.445 e. The average Bonchev–Trinajstić information content (AvgIpc) is 3.20. The van der Waals surface area contributed by atoms with Gasteiger partial charge in [0.1, 0.15) is 12.6 Å². The SMILES string of the molecule is CC(C)(C)OC[C@H](NC(=O)OCc1ccccc1)c1nnc(-c2ccccc2)o1. The maximum absolute atomic E-state index is 12.3. The summed E-state index contributed by atoms with van der Waals surface area (Å²) in [5.41, 5.74) is 1.30. The molecule has 0 saturated carbocycles. The monoisotopic (exact) mass is 395 g/mol. The zero-order valence-electron chi connectivity index (χ0n) is 16.8. The Bertz CT molecular complexity index is 905. The Morgan fingerprint density at radius 1 is 1.03 bits per heavy atom. The van der Waals surface area contributed by atoms with E-state index in [1.807, 2.05) is 81.4 Å². The number of carbonyl (C=O) groups is 1. The van der Waals surface area contributed by atoms with E-state index in [1.165, 1.54) is 0 Å². The fraction of sp³-hybridized carbons (Fsp3) is 0.318. The molecule has 152 valence electrons. The van der Waals surface area contributed by atoms with Crippen molar-refractivity contribution in [3.05, 3.63) is 72.1 Å². The van der Waals surface area contributed by atoms with Gasteiger partial charge >= 0.3 is 6.09 Å². The van der Waals surface area contributed by atoms with Crippen LogP contribution >= 0.6 is 0 Å². The summed E-state index contributed by atoms with van der Waals surface area (Å²) >= 11 is 0. The lowest BCUT2D eigenvalue weighted by molar-refractivity contribution is -0.0181. The molecule has 0 bridgehead atoms. The van der Waals surface area contributed by atoms with Crippen LogP contribution in [0.25, 0.3) is 11.5 Å². The number of hydrogen-bond acceptors (Lipinski definition) is 6. The van der Waals surface area contributed by atoms with Crippen molar-refractivity contribution in [2.75, 3.05) is 6.61 Å². The minimum absolute atomic E-state index is 0.165. The number of rotatable bonds is 7. The fourth-order valence-electron chi connectivity index (χ4n) is 2.49. The third-order valence-electron chi connectivity index (χ3n) is 3.95. The van der Waals surface area contributed by atoms with Crippen molar-refractivity contribution in [1.82, 2.24) is 15.5 Å². The van der Waals surface area contributed by atoms with Crippen LogP contribution in [0.2, 0.25) is 0 Å². The van der Waals surface area contributed by atoms with Crippen LogP contribution in [0.5, 0.6) is 0 Å². The molecule has 3 rings (SSSR count). The van der Waals surface area contributed by atoms with Crippen molar-refractivity contribution < 1.29 is 18.7 Å². The van der Waals surface area contributed by atoms with Gasteiger partial charge in [-0.25, -0.2) is 4.79 Å². The highest BCUT2D eigenvalue weighted by atomic mass is 16.5. The molecular formula is C22H25N3O4. The molecule has 1 N–H and O–H groups in total. The van der Waals surface area contributed by atoms with Gasteiger partial charge in [0.25, 0.3) is 0 Å². The summed E-state index contributed by atoms with van der Waals surface area (Å²) < 4.78 is 16.9. The molecule has 7 heteroatoms. The van der Waals surface area contributed by atoms with E-state index in [0.29, 0.717) is 5.89 Å². The number of alkyl carbamates (subject to hydrolysis) is 1. The number of benzene rings is 2. The summed E-state index contributed by atoms with van der Waals surface area (Å²) in [6.07, 6.45) is -0.587. The predicted octanol–water partition coefficient (Wildman–Crippen LogP) is 4.52. The second-order valence-corrected chi connectivity index (χ2v) is 7.49. The van der Waals surface area contributed by atoms with Gasteiger partial charge in [0, 0.05) is 5.56 Å². The molecule has 7 nitrogen and oxygen atoms in total. The van der Waals surface area contributed by atoms with Gasteiger partial charge in [-0.3, -0.25) is 0 Å². The van der Waals surface area contributed by atoms with E-state index in [4.69, 9.17) is 13.9 Å². The minimum atomic E-state index is -0.637. The predicted molar refractivity (Wildman–Crippen MR) is 108 cm³/mol. The number of amides is 1. The molecule has 0 fully saturated rings. The third kappa shape index (κ3) is 6.43. The van der Waals surface area contributed by atoms with Gasteiger partial charge in [-0.15, -0.1) is 10.2 Å². The van der Waals surface area contributed by atoms with Crippen molar-refractivity contribution in [1.29, 1.82) is 0 Å². The lowest BCUT2D eigenvalue weighted by Gasteiger charge is -2.23. The van der Waals surface area contributed by atoms with Crippen LogP contribution in [-0.2, 0) is 16.1 Å². The van der Waals surface area contributed by atoms with Gasteiger partial charge in [0.05, 0.1) is 12.2 Å². The van der Waals surface area contributed by atoms with Crippen LogP contribution in [0.1, 0.15) is 38.3 Å². The molecule has 2 aromatic carbocycles. The van der Waals surface area contributed by atoms with Gasteiger partial charge in [-0.1, -0.05) is 48.5 Å². The third-order valence-corrected chi connectivity index (χ3v) is 3.95. The Labute approximate surface area is 170 Å². The molecule has 0 radical (unpaired) electrons. The fourth-order valence-corrected chi connectivity index (χ4v) is 2.49. The van der Waals surface area contributed by atoms with Crippen LogP contribution < -0.4 is 5.32 Å². The molecule has 1 amide bonds. The second kappa shape index (κ2) is 9.34. The summed E-state index contributed by atoms with van der Waals surface area (Å²) in [7, 11) is 0. The molecule has 29 heavy (non-hydrogen) atoms. The summed E-state index contributed by atoms with van der Waals surface area (Å²) in [6.45, 7) is 6.13. The Kier molecular flexibility index (Phi) is 6.61. The Morgan fingerprint density at radius 2 is 1.69 bits per heavy atom. The lowest BCUT2D eigenvalue weighted by Crippen LogP contribution is -2.34. The Morgan fingerprint density at radius 3 is 2.34 bits per heavy atom. The van der Waals surface area contributed by atoms with Gasteiger partial charge in [0.15, 0.2) is 0 Å². The zero-order valence-corrected chi connectivity index (χ0v) is 16.8. The van der Waals surface area contributed by atoms with Gasteiger partial charge < -0.3 is 19.2 Å². The van der Waals surface area contributed by atoms with Crippen molar-refractivity contribution in [2.45, 2.75) is 39.0 Å². The van der Waals surface area contributed by atoms with Crippen molar-refractivity contribution in [3.8, 4) is 11.5 Å². The summed E-state index contributed by atoms with van der Waals surface area (Å²) in [5, 5.41) is 10.9. The quantitative estimate of drug-likeness (QED) is 0.633. The molecule has 0 aliphatic rings. The van der Waals surface area contributed by atoms with E-state index in [2.05, 4.69) is 15.5 Å². The van der Waals surface area contributed by atoms with Crippen LogP contribution in [0.4, 0.5) is 4.79 Å². The molecule has 1 heterocycles. The highest BCUT2D eigenvalue weighted by Crippen LogP contribution is 2.22. The van der Waals surface area contributed by atoms with E-state index >= 15 is 0 Å². The largest absolute Gasteiger partial charge is 0.445 e. The van der Waals surface area contributed by atoms with E-state index in [0.717, 1.165) is 11.1 Å². The van der Waals surface area contributed by atoms with Crippen molar-refractivity contribution in [3.63, 3.8) is 0 Å². The van der Waals surface area contributed by atoms with Crippen LogP contribution in [0, 0.1) is 0 Å². The van der Waals surface area contributed by atoms with Gasteiger partial charge in [0.2, 0.25) is 11.8 Å². The molecule has 1 aromatic heterocycles. The second-order valence-electron chi connectivity index (χ2n) is 7.49. The first-order valence-electron chi connectivity index (χ1n) is 9.41. The summed E-state index contributed by atoms with van der Waals surface area (Å²) in [5.74, 6) is 0.630. The molecular weight excluding hydrogens is 370 g/mol. The van der Waals surface area contributed by atoms with E-state index < -0.39 is 17.7 Å². The number of nitrogens with one attached hydrogen (secondary N) is 1. The number of nitrogens with zero attached hydrogens (tertiary/aromatic N) is 2. The highest BCUT2D eigenvalue weighted by Gasteiger charge is 2.25. The van der Waals surface area contributed by atoms with Crippen molar-refractivity contribution >= 4 is 6.09 Å². The van der Waals surface area contributed by atoms with Crippen LogP contribution in [0.15, 0.2) is 65.1 Å². The molecule has 0 spiro atoms. The summed E-state index contributed by atoms with van der Waals surface area (Å²) in [6, 6.07) is 18.3. The number of carbonyl (C=O) groups excluding carboxylic acids is 1. The Balaban J connectivity index is 1.69. The van der Waals surface area contributed by atoms with Crippen molar-refractivity contribution in [2.24, 2.45) is 0 Å².